The lowest BCUT2D eigenvalue weighted by Crippen LogP contribution is -2.71. The molecule has 8 aromatic rings. The molecule has 1 spiro atoms. The second-order valence-corrected chi connectivity index (χ2v) is 32.0. The minimum absolute atomic E-state index is 0.0207. The molecule has 6 aromatic carbocycles. The number of benzene rings is 6. The summed E-state index contributed by atoms with van der Waals surface area (Å²) < 4.78 is 241. The monoisotopic (exact) mass is 1370 g/mol. The summed E-state index contributed by atoms with van der Waals surface area (Å²) in [6.45, 7) is 8.00. The van der Waals surface area contributed by atoms with Gasteiger partial charge in [-0.05, 0) is 79.1 Å². The smallest absolute Gasteiger partial charge is 0.192 e. The Bertz CT molecular complexity index is 4310. The van der Waals surface area contributed by atoms with Gasteiger partial charge < -0.3 is 0 Å². The molecular formula is C53H48F20N8S6+2. The number of nitrogens with zero attached hydrogens (tertiary/aromatic N) is 8. The highest BCUT2D eigenvalue weighted by Gasteiger charge is 2.71. The molecule has 1 atom stereocenters. The van der Waals surface area contributed by atoms with Crippen LogP contribution in [-0.2, 0) is 5.91 Å². The van der Waals surface area contributed by atoms with E-state index in [-0.39, 0.29) is 27.3 Å². The van der Waals surface area contributed by atoms with Gasteiger partial charge in [0.1, 0.15) is 4.90 Å². The maximum Gasteiger partial charge on any atom is 0.404 e. The van der Waals surface area contributed by atoms with Crippen molar-refractivity contribution in [2.45, 2.75) is 53.2 Å². The van der Waals surface area contributed by atoms with Gasteiger partial charge >= 0.3 is 16.1 Å². The Morgan fingerprint density at radius 2 is 0.747 bits per heavy atom. The Labute approximate surface area is 491 Å². The third-order valence-corrected chi connectivity index (χ3v) is 14.8. The number of rotatable bonds is 4. The first-order valence-electron chi connectivity index (χ1n) is 25.0. The Balaban J connectivity index is 0.000000245. The second-order valence-electron chi connectivity index (χ2n) is 19.4. The molecule has 0 amide bonds. The van der Waals surface area contributed by atoms with Crippen LogP contribution in [0.15, 0.2) is 185 Å². The Morgan fingerprint density at radius 1 is 0.402 bits per heavy atom. The molecule has 0 aliphatic carbocycles. The van der Waals surface area contributed by atoms with Crippen LogP contribution >= 0.6 is 64.4 Å². The minimum atomic E-state index is -10.2. The van der Waals surface area contributed by atoms with Gasteiger partial charge in [0.2, 0.25) is 22.6 Å². The van der Waals surface area contributed by atoms with Crippen molar-refractivity contribution < 1.29 is 86.9 Å². The van der Waals surface area contributed by atoms with Crippen LogP contribution in [0, 0.1) is 0 Å². The topological polar surface area (TPSA) is 65.3 Å². The van der Waals surface area contributed by atoms with Gasteiger partial charge in [0.05, 0.1) is 51.8 Å². The number of hydrogen-bond donors (Lipinski definition) is 0. The van der Waals surface area contributed by atoms with E-state index in [0.717, 1.165) is 39.2 Å². The van der Waals surface area contributed by atoms with Crippen LogP contribution < -0.4 is 11.0 Å². The van der Waals surface area contributed by atoms with Crippen molar-refractivity contribution in [1.82, 2.24) is 9.13 Å². The third-order valence-electron chi connectivity index (χ3n) is 11.9. The van der Waals surface area contributed by atoms with E-state index < -0.39 is 70.5 Å². The summed E-state index contributed by atoms with van der Waals surface area (Å²) in [4.78, 5) is 20.9. The number of hydrogen-bond acceptors (Lipinski definition) is 6. The van der Waals surface area contributed by atoms with Crippen LogP contribution in [0.25, 0.3) is 21.5 Å². The lowest BCUT2D eigenvalue weighted by Gasteiger charge is -2.40. The maximum absolute atomic E-state index is 15.0. The average Bonchev–Trinajstić information content (AvgIpc) is 1.49. The lowest BCUT2D eigenvalue weighted by molar-refractivity contribution is -0.790. The minimum Gasteiger partial charge on any atom is -0.192 e. The average molecular weight is 1370 g/mol. The van der Waals surface area contributed by atoms with E-state index in [1.54, 1.807) is 42.1 Å². The molecule has 87 heavy (non-hydrogen) atoms. The van der Waals surface area contributed by atoms with Gasteiger partial charge in [0.25, 0.3) is 54.0 Å². The Hall–Kier alpha value is -6.62. The first-order valence-corrected chi connectivity index (χ1v) is 36.0. The molecular weight excluding hydrogens is 1320 g/mol. The molecule has 34 heteroatoms. The summed E-state index contributed by atoms with van der Waals surface area (Å²) >= 11 is 2.75. The first-order chi connectivity index (χ1) is 39.2. The van der Waals surface area contributed by atoms with Crippen molar-refractivity contribution in [2.75, 3.05) is 25.0 Å². The number of aliphatic imine (C=N–C) groups is 2. The van der Waals surface area contributed by atoms with E-state index in [1.807, 2.05) is 137 Å². The standard InChI is InChI=1S/C39H19F5N8S2.C7H8S.2C2H6.3CH3F5S/c40-54(41,42,43,44)21-18-28-30(29(19-21)53-20-10-2-1-3-11-20)38-48-36-27-17-9-8-16-26(27)34-46-32-23-13-5-4-12-22(23)31-45-33-24-14-6-7-15-25(24)35-47-37(28)52(38)39(49(31)32,50(33)35)51(34)36;1-8-7-5-3-2-4-6-7;2*1-2;3*1-7(2,3,4,5)6/h1-19H;2-6H,1H3;2*1-2H3;3*1H3/q+2;;;;;;/t39-;;;;;;/m0....../s1. The van der Waals surface area contributed by atoms with Crippen molar-refractivity contribution in [3.8, 4) is 0 Å². The Morgan fingerprint density at radius 3 is 1.11 bits per heavy atom. The lowest BCUT2D eigenvalue weighted by atomic mass is 10.1. The van der Waals surface area contributed by atoms with Gasteiger partial charge in [-0.3, -0.25) is 0 Å². The molecule has 6 aliphatic heterocycles. The number of amidine groups is 4. The molecule has 0 bridgehead atoms. The quantitative estimate of drug-likeness (QED) is 0.100. The summed E-state index contributed by atoms with van der Waals surface area (Å²) in [7, 11) is -37.1. The van der Waals surface area contributed by atoms with E-state index in [1.165, 1.54) is 4.90 Å². The van der Waals surface area contributed by atoms with E-state index in [9.17, 15) is 58.3 Å². The summed E-state index contributed by atoms with van der Waals surface area (Å²) in [5.41, 5.74) is 4.26. The van der Waals surface area contributed by atoms with E-state index in [2.05, 4.69) is 18.4 Å². The van der Waals surface area contributed by atoms with Crippen molar-refractivity contribution in [3.63, 3.8) is 0 Å². The molecule has 0 saturated carbocycles. The van der Waals surface area contributed by atoms with Crippen LogP contribution in [0.2, 0.25) is 0 Å². The molecule has 0 unspecified atom stereocenters. The van der Waals surface area contributed by atoms with Gasteiger partial charge in [0, 0.05) is 25.5 Å². The maximum atomic E-state index is 15.0. The second kappa shape index (κ2) is 18.7. The van der Waals surface area contributed by atoms with Crippen LogP contribution in [-0.4, -0.2) is 66.7 Å². The Kier molecular flexibility index (Phi) is 14.3. The molecule has 6 aliphatic rings. The third kappa shape index (κ3) is 14.9. The zero-order valence-electron chi connectivity index (χ0n) is 45.9. The molecule has 8 nitrogen and oxygen atoms in total. The van der Waals surface area contributed by atoms with Gasteiger partial charge in [0.15, 0.2) is 0 Å². The van der Waals surface area contributed by atoms with Gasteiger partial charge in [-0.1, -0.05) is 210 Å². The first kappa shape index (κ1) is 66.3. The largest absolute Gasteiger partial charge is 0.404 e. The molecule has 0 radical (unpaired) electrons. The summed E-state index contributed by atoms with van der Waals surface area (Å²) in [5, 5.41) is 1.84. The summed E-state index contributed by atoms with van der Waals surface area (Å²) in [6, 6.07) is 43.4. The number of thioether (sulfide) groups is 1. The van der Waals surface area contributed by atoms with Crippen molar-refractivity contribution in [1.29, 1.82) is 0 Å². The highest BCUT2D eigenvalue weighted by atomic mass is 32.5. The van der Waals surface area contributed by atoms with Crippen LogP contribution in [0.3, 0.4) is 0 Å². The number of aromatic nitrogens is 2. The van der Waals surface area contributed by atoms with E-state index in [4.69, 9.17) is 20.0 Å². The van der Waals surface area contributed by atoms with Crippen molar-refractivity contribution >= 4 is 121 Å². The van der Waals surface area contributed by atoms with E-state index >= 15 is 19.4 Å². The fourth-order valence-electron chi connectivity index (χ4n) is 9.46. The van der Waals surface area contributed by atoms with Crippen molar-refractivity contribution in [2.24, 2.45) is 20.0 Å². The molecule has 14 rings (SSSR count). The molecule has 474 valence electrons. The molecule has 8 heterocycles. The number of fused-ring (bicyclic) bond motifs is 12. The number of halogens is 20. The predicted molar refractivity (Wildman–Crippen MR) is 314 cm³/mol. The highest BCUT2D eigenvalue weighted by Crippen LogP contribution is 3.02. The normalized spacial score (nSPS) is 19.2. The summed E-state index contributed by atoms with van der Waals surface area (Å²) in [5.74, 6) is 0.978. The summed E-state index contributed by atoms with van der Waals surface area (Å²) in [6.07, 6.45) is -0.880. The fraction of sp³-hybridized carbons (Fsp3) is 0.170. The molecule has 2 aromatic heterocycles. The molecule has 0 fully saturated rings. The zero-order valence-corrected chi connectivity index (χ0v) is 50.8. The van der Waals surface area contributed by atoms with E-state index in [0.29, 0.717) is 56.9 Å². The van der Waals surface area contributed by atoms with Crippen LogP contribution in [0.4, 0.5) is 89.4 Å². The molecule has 0 saturated heterocycles. The van der Waals surface area contributed by atoms with Gasteiger partial charge in [-0.2, -0.15) is 9.13 Å². The molecule has 0 N–H and O–H groups in total. The SMILES string of the molecule is CC.CC.CS(F)(F)(F)(F)F.CS(F)(F)(F)(F)F.CS(F)(F)(F)(F)F.CSc1ccccc1.FS(F)(F)(F)(F)c1cc(Sc2ccccc2)c2c3n4c(c2c1)N=C1c2ccccc2C2=[N+]1[C@]41n4c(c5ccccc5c4=NC4=[N+]1C(=N3)c1ccccc14)=N2. The van der Waals surface area contributed by atoms with Crippen LogP contribution in [0.5, 0.6) is 0 Å². The predicted octanol–water partition coefficient (Wildman–Crippen LogP) is 21.7. The van der Waals surface area contributed by atoms with Gasteiger partial charge in [-0.15, -0.1) is 20.9 Å². The van der Waals surface area contributed by atoms with Crippen LogP contribution in [0.1, 0.15) is 49.9 Å². The fourth-order valence-corrected chi connectivity index (χ4v) is 11.7. The highest BCUT2D eigenvalue weighted by molar-refractivity contribution is 8.46. The zero-order chi connectivity index (χ0) is 65.2. The van der Waals surface area contributed by atoms with Gasteiger partial charge in [-0.25, -0.2) is 0 Å². The van der Waals surface area contributed by atoms with Crippen molar-refractivity contribution in [3.05, 3.63) is 179 Å².